The molecule has 4 heteroatoms. The second kappa shape index (κ2) is 8.53. The van der Waals surface area contributed by atoms with Crippen LogP contribution in [0.3, 0.4) is 0 Å². The van der Waals surface area contributed by atoms with Gasteiger partial charge in [0, 0.05) is 18.8 Å². The number of para-hydroxylation sites is 1. The molecule has 1 aromatic carbocycles. The molecule has 1 rings (SSSR count). The number of carbonyl (C=O) groups is 1. The van der Waals surface area contributed by atoms with Crippen LogP contribution < -0.4 is 10.2 Å². The molecular weight excluding hydrogens is 240 g/mol. The molecule has 2 N–H and O–H groups in total. The van der Waals surface area contributed by atoms with Crippen LogP contribution in [0.2, 0.25) is 0 Å². The van der Waals surface area contributed by atoms with Crippen LogP contribution in [0.5, 0.6) is 0 Å². The number of nitrogens with zero attached hydrogens (tertiary/aromatic N) is 1. The summed E-state index contributed by atoms with van der Waals surface area (Å²) in [5.41, 5.74) is 1.14. The number of anilines is 1. The van der Waals surface area contributed by atoms with E-state index in [1.165, 1.54) is 0 Å². The SMILES string of the molecule is CCCNC(CCN(CC)c1ccccc1)C(=O)O. The highest BCUT2D eigenvalue weighted by Crippen LogP contribution is 2.13. The Morgan fingerprint density at radius 2 is 2.00 bits per heavy atom. The lowest BCUT2D eigenvalue weighted by Gasteiger charge is -2.25. The normalized spacial score (nSPS) is 12.1. The molecular formula is C15H24N2O2. The number of hydrogen-bond acceptors (Lipinski definition) is 3. The van der Waals surface area contributed by atoms with Crippen molar-refractivity contribution in [2.24, 2.45) is 0 Å². The molecule has 0 amide bonds. The molecule has 0 aliphatic rings. The molecule has 0 spiro atoms. The van der Waals surface area contributed by atoms with Crippen molar-refractivity contribution in [2.45, 2.75) is 32.7 Å². The Kier molecular flexibility index (Phi) is 6.97. The van der Waals surface area contributed by atoms with Gasteiger partial charge < -0.3 is 15.3 Å². The summed E-state index contributed by atoms with van der Waals surface area (Å²) in [6, 6.07) is 9.64. The largest absolute Gasteiger partial charge is 0.480 e. The Morgan fingerprint density at radius 1 is 1.32 bits per heavy atom. The minimum atomic E-state index is -0.766. The topological polar surface area (TPSA) is 52.6 Å². The number of hydrogen-bond donors (Lipinski definition) is 2. The summed E-state index contributed by atoms with van der Waals surface area (Å²) in [6.45, 7) is 6.49. The minimum absolute atomic E-state index is 0.460. The molecule has 1 unspecified atom stereocenters. The maximum atomic E-state index is 11.2. The fourth-order valence-electron chi connectivity index (χ4n) is 2.02. The number of benzene rings is 1. The molecule has 4 nitrogen and oxygen atoms in total. The zero-order chi connectivity index (χ0) is 14.1. The Bertz CT molecular complexity index is 368. The van der Waals surface area contributed by atoms with Crippen LogP contribution >= 0.6 is 0 Å². The second-order valence-corrected chi connectivity index (χ2v) is 4.55. The first-order valence-electron chi connectivity index (χ1n) is 6.95. The number of carboxylic acid groups (broad SMARTS) is 1. The van der Waals surface area contributed by atoms with E-state index in [4.69, 9.17) is 0 Å². The third kappa shape index (κ3) is 5.30. The van der Waals surface area contributed by atoms with E-state index in [-0.39, 0.29) is 0 Å². The molecule has 0 aliphatic carbocycles. The van der Waals surface area contributed by atoms with Crippen molar-refractivity contribution in [3.05, 3.63) is 30.3 Å². The molecule has 0 aliphatic heterocycles. The fourth-order valence-corrected chi connectivity index (χ4v) is 2.02. The van der Waals surface area contributed by atoms with Crippen molar-refractivity contribution in [1.29, 1.82) is 0 Å². The molecule has 19 heavy (non-hydrogen) atoms. The molecule has 106 valence electrons. The molecule has 0 radical (unpaired) electrons. The highest BCUT2D eigenvalue weighted by Gasteiger charge is 2.17. The van der Waals surface area contributed by atoms with Crippen LogP contribution in [-0.4, -0.2) is 36.8 Å². The summed E-state index contributed by atoms with van der Waals surface area (Å²) in [5, 5.41) is 12.2. The van der Waals surface area contributed by atoms with Crippen molar-refractivity contribution < 1.29 is 9.90 Å². The van der Waals surface area contributed by atoms with Gasteiger partial charge in [-0.1, -0.05) is 25.1 Å². The van der Waals surface area contributed by atoms with Gasteiger partial charge >= 0.3 is 5.97 Å². The third-order valence-corrected chi connectivity index (χ3v) is 3.13. The minimum Gasteiger partial charge on any atom is -0.480 e. The zero-order valence-electron chi connectivity index (χ0n) is 11.8. The van der Waals surface area contributed by atoms with Crippen LogP contribution in [0.1, 0.15) is 26.7 Å². The molecule has 0 saturated carbocycles. The molecule has 1 aromatic rings. The van der Waals surface area contributed by atoms with Gasteiger partial charge in [-0.3, -0.25) is 4.79 Å². The Hall–Kier alpha value is -1.55. The van der Waals surface area contributed by atoms with Gasteiger partial charge in [-0.05, 0) is 38.4 Å². The van der Waals surface area contributed by atoms with E-state index >= 15 is 0 Å². The van der Waals surface area contributed by atoms with Crippen molar-refractivity contribution >= 4 is 11.7 Å². The van der Waals surface area contributed by atoms with Crippen molar-refractivity contribution in [3.63, 3.8) is 0 Å². The van der Waals surface area contributed by atoms with Gasteiger partial charge in [0.2, 0.25) is 0 Å². The van der Waals surface area contributed by atoms with E-state index in [0.717, 1.165) is 31.7 Å². The van der Waals surface area contributed by atoms with E-state index in [0.29, 0.717) is 6.42 Å². The molecule has 0 bridgehead atoms. The van der Waals surface area contributed by atoms with E-state index in [1.807, 2.05) is 25.1 Å². The zero-order valence-corrected chi connectivity index (χ0v) is 11.8. The second-order valence-electron chi connectivity index (χ2n) is 4.55. The molecule has 0 saturated heterocycles. The van der Waals surface area contributed by atoms with Gasteiger partial charge in [-0.25, -0.2) is 0 Å². The van der Waals surface area contributed by atoms with Crippen molar-refractivity contribution in [1.82, 2.24) is 5.32 Å². The first-order chi connectivity index (χ1) is 9.19. The average Bonchev–Trinajstić information content (AvgIpc) is 2.43. The fraction of sp³-hybridized carbons (Fsp3) is 0.533. The van der Waals surface area contributed by atoms with Gasteiger partial charge in [0.15, 0.2) is 0 Å². The highest BCUT2D eigenvalue weighted by molar-refractivity contribution is 5.73. The van der Waals surface area contributed by atoms with Gasteiger partial charge in [0.1, 0.15) is 6.04 Å². The van der Waals surface area contributed by atoms with E-state index < -0.39 is 12.0 Å². The van der Waals surface area contributed by atoms with Gasteiger partial charge in [0.25, 0.3) is 0 Å². The molecule has 0 aromatic heterocycles. The average molecular weight is 264 g/mol. The quantitative estimate of drug-likeness (QED) is 0.719. The summed E-state index contributed by atoms with van der Waals surface area (Å²) in [7, 11) is 0. The van der Waals surface area contributed by atoms with E-state index in [1.54, 1.807) is 0 Å². The standard InChI is InChI=1S/C15H24N2O2/c1-3-11-16-14(15(18)19)10-12-17(4-2)13-8-6-5-7-9-13/h5-9,14,16H,3-4,10-12H2,1-2H3,(H,18,19). The monoisotopic (exact) mass is 264 g/mol. The smallest absolute Gasteiger partial charge is 0.320 e. The highest BCUT2D eigenvalue weighted by atomic mass is 16.4. The summed E-state index contributed by atoms with van der Waals surface area (Å²) >= 11 is 0. The lowest BCUT2D eigenvalue weighted by Crippen LogP contribution is -2.40. The lowest BCUT2D eigenvalue weighted by atomic mass is 10.2. The predicted octanol–water partition coefficient (Wildman–Crippen LogP) is 2.36. The van der Waals surface area contributed by atoms with Crippen molar-refractivity contribution in [3.8, 4) is 0 Å². The maximum Gasteiger partial charge on any atom is 0.320 e. The maximum absolute atomic E-state index is 11.2. The first kappa shape index (κ1) is 15.5. The number of rotatable bonds is 9. The number of carboxylic acids is 1. The number of aliphatic carboxylic acids is 1. The molecule has 1 atom stereocenters. The van der Waals surface area contributed by atoms with Crippen LogP contribution in [0.25, 0.3) is 0 Å². The first-order valence-corrected chi connectivity index (χ1v) is 6.95. The Morgan fingerprint density at radius 3 is 2.53 bits per heavy atom. The Labute approximate surface area is 115 Å². The molecule has 0 heterocycles. The summed E-state index contributed by atoms with van der Waals surface area (Å²) in [6.07, 6.45) is 1.55. The van der Waals surface area contributed by atoms with Crippen LogP contribution in [0, 0.1) is 0 Å². The van der Waals surface area contributed by atoms with Gasteiger partial charge in [-0.15, -0.1) is 0 Å². The summed E-state index contributed by atoms with van der Waals surface area (Å²) in [5.74, 6) is -0.766. The van der Waals surface area contributed by atoms with Gasteiger partial charge in [0.05, 0.1) is 0 Å². The van der Waals surface area contributed by atoms with Crippen LogP contribution in [-0.2, 0) is 4.79 Å². The Balaban J connectivity index is 2.53. The number of nitrogens with one attached hydrogen (secondary N) is 1. The van der Waals surface area contributed by atoms with E-state index in [9.17, 15) is 9.90 Å². The van der Waals surface area contributed by atoms with Crippen LogP contribution in [0.4, 0.5) is 5.69 Å². The predicted molar refractivity (Wildman–Crippen MR) is 78.7 cm³/mol. The summed E-state index contributed by atoms with van der Waals surface area (Å²) < 4.78 is 0. The van der Waals surface area contributed by atoms with Crippen molar-refractivity contribution in [2.75, 3.05) is 24.5 Å². The van der Waals surface area contributed by atoms with E-state index in [2.05, 4.69) is 29.3 Å². The van der Waals surface area contributed by atoms with Crippen LogP contribution in [0.15, 0.2) is 30.3 Å². The van der Waals surface area contributed by atoms with Gasteiger partial charge in [-0.2, -0.15) is 0 Å². The third-order valence-electron chi connectivity index (χ3n) is 3.13. The lowest BCUT2D eigenvalue weighted by molar-refractivity contribution is -0.139. The molecule has 0 fully saturated rings. The summed E-state index contributed by atoms with van der Waals surface area (Å²) in [4.78, 5) is 13.4.